The highest BCUT2D eigenvalue weighted by molar-refractivity contribution is 7.10. The Morgan fingerprint density at radius 2 is 2.07 bits per heavy atom. The number of hydrogen-bond donors (Lipinski definition) is 2. The number of anilines is 1. The van der Waals surface area contributed by atoms with Crippen LogP contribution >= 0.6 is 11.3 Å². The van der Waals surface area contributed by atoms with E-state index in [0.717, 1.165) is 4.88 Å². The number of morpholine rings is 1. The molecule has 1 aliphatic heterocycles. The quantitative estimate of drug-likeness (QED) is 0.746. The first kappa shape index (κ1) is 20.5. The smallest absolute Gasteiger partial charge is 0.249 e. The van der Waals surface area contributed by atoms with Gasteiger partial charge in [-0.1, -0.05) is 32.0 Å². The number of hydrogen-bond acceptors (Lipinski definition) is 5. The van der Waals surface area contributed by atoms with Crippen LogP contribution in [0.3, 0.4) is 0 Å². The molecule has 0 bridgehead atoms. The van der Waals surface area contributed by atoms with Crippen molar-refractivity contribution in [3.05, 3.63) is 52.2 Å². The molecule has 2 N–H and O–H groups in total. The molecule has 2 aromatic rings. The molecule has 0 spiro atoms. The summed E-state index contributed by atoms with van der Waals surface area (Å²) in [5.74, 6) is 0.129. The van der Waals surface area contributed by atoms with Gasteiger partial charge in [-0.25, -0.2) is 0 Å². The van der Waals surface area contributed by atoms with E-state index in [4.69, 9.17) is 4.74 Å². The van der Waals surface area contributed by atoms with Crippen LogP contribution < -0.4 is 5.32 Å². The molecule has 0 unspecified atom stereocenters. The molecule has 150 valence electrons. The zero-order chi connectivity index (χ0) is 20.1. The molecule has 6 nitrogen and oxygen atoms in total. The number of aliphatic hydroxyl groups is 1. The van der Waals surface area contributed by atoms with Gasteiger partial charge in [0.25, 0.3) is 0 Å². The highest BCUT2D eigenvalue weighted by Crippen LogP contribution is 2.26. The maximum absolute atomic E-state index is 12.2. The van der Waals surface area contributed by atoms with Gasteiger partial charge in [0.05, 0.1) is 19.1 Å². The van der Waals surface area contributed by atoms with Crippen molar-refractivity contribution in [1.82, 2.24) is 4.90 Å². The first-order chi connectivity index (χ1) is 13.4. The van der Waals surface area contributed by atoms with E-state index < -0.39 is 12.1 Å². The second kappa shape index (κ2) is 9.32. The van der Waals surface area contributed by atoms with E-state index >= 15 is 0 Å². The molecule has 0 saturated carbocycles. The Hall–Kier alpha value is -2.22. The number of aliphatic hydroxyl groups excluding tert-OH is 1. The summed E-state index contributed by atoms with van der Waals surface area (Å²) in [7, 11) is 0. The monoisotopic (exact) mass is 402 g/mol. The fourth-order valence-electron chi connectivity index (χ4n) is 3.28. The molecule has 1 aromatic heterocycles. The molecule has 1 saturated heterocycles. The van der Waals surface area contributed by atoms with Gasteiger partial charge in [-0.15, -0.1) is 11.3 Å². The summed E-state index contributed by atoms with van der Waals surface area (Å²) in [5.41, 5.74) is 1.36. The van der Waals surface area contributed by atoms with Crippen LogP contribution in [-0.2, 0) is 20.7 Å². The van der Waals surface area contributed by atoms with Gasteiger partial charge in [-0.3, -0.25) is 9.59 Å². The van der Waals surface area contributed by atoms with Crippen molar-refractivity contribution in [3.8, 4) is 0 Å². The highest BCUT2D eigenvalue weighted by Gasteiger charge is 2.34. The Bertz CT molecular complexity index is 789. The Morgan fingerprint density at radius 1 is 1.32 bits per heavy atom. The van der Waals surface area contributed by atoms with Crippen LogP contribution in [0, 0.1) is 5.92 Å². The highest BCUT2D eigenvalue weighted by atomic mass is 32.1. The molecule has 28 heavy (non-hydrogen) atoms. The van der Waals surface area contributed by atoms with Gasteiger partial charge >= 0.3 is 0 Å². The van der Waals surface area contributed by atoms with Gasteiger partial charge in [0, 0.05) is 17.1 Å². The predicted octanol–water partition coefficient (Wildman–Crippen LogP) is 2.85. The fourth-order valence-corrected chi connectivity index (χ4v) is 3.98. The molecule has 1 aromatic carbocycles. The molecule has 3 rings (SSSR count). The van der Waals surface area contributed by atoms with E-state index in [9.17, 15) is 14.7 Å². The zero-order valence-electron chi connectivity index (χ0n) is 16.1. The first-order valence-corrected chi connectivity index (χ1v) is 10.3. The SMILES string of the molecule is CC(C)CN1C(=O)COC[C@@H]1[C@H](O)c1ccc(NC(=O)Cc2cccs2)cc1. The lowest BCUT2D eigenvalue weighted by Gasteiger charge is -2.39. The van der Waals surface area contributed by atoms with Crippen molar-refractivity contribution in [2.75, 3.05) is 25.1 Å². The first-order valence-electron chi connectivity index (χ1n) is 9.41. The number of rotatable bonds is 7. The topological polar surface area (TPSA) is 78.9 Å². The van der Waals surface area contributed by atoms with E-state index in [1.54, 1.807) is 40.5 Å². The third-order valence-corrected chi connectivity index (χ3v) is 5.49. The normalized spacial score (nSPS) is 18.4. The summed E-state index contributed by atoms with van der Waals surface area (Å²) in [6.45, 7) is 5.03. The van der Waals surface area contributed by atoms with E-state index in [1.165, 1.54) is 0 Å². The zero-order valence-corrected chi connectivity index (χ0v) is 16.9. The van der Waals surface area contributed by atoms with Crippen LogP contribution in [0.1, 0.15) is 30.4 Å². The average Bonchev–Trinajstić information content (AvgIpc) is 3.16. The second-order valence-electron chi connectivity index (χ2n) is 7.39. The van der Waals surface area contributed by atoms with Crippen molar-refractivity contribution < 1.29 is 19.4 Å². The van der Waals surface area contributed by atoms with Gasteiger partial charge in [0.15, 0.2) is 0 Å². The minimum absolute atomic E-state index is 0.0607. The van der Waals surface area contributed by atoms with Gasteiger partial charge in [0.2, 0.25) is 11.8 Å². The molecule has 1 aliphatic rings. The van der Waals surface area contributed by atoms with Crippen molar-refractivity contribution in [2.45, 2.75) is 32.4 Å². The van der Waals surface area contributed by atoms with Crippen LogP contribution in [0.4, 0.5) is 5.69 Å². The third-order valence-electron chi connectivity index (χ3n) is 4.61. The van der Waals surface area contributed by atoms with E-state index in [2.05, 4.69) is 5.32 Å². The molecule has 2 atom stereocenters. The fraction of sp³-hybridized carbons (Fsp3) is 0.429. The third kappa shape index (κ3) is 5.19. The lowest BCUT2D eigenvalue weighted by Crippen LogP contribution is -2.53. The average molecular weight is 403 g/mol. The molecule has 0 radical (unpaired) electrons. The number of carbonyl (C=O) groups is 2. The molecule has 7 heteroatoms. The summed E-state index contributed by atoms with van der Waals surface area (Å²) in [5, 5.41) is 15.6. The van der Waals surface area contributed by atoms with Gasteiger partial charge < -0.3 is 20.1 Å². The van der Waals surface area contributed by atoms with Crippen LogP contribution in [-0.4, -0.2) is 47.6 Å². The van der Waals surface area contributed by atoms with Crippen LogP contribution in [0.5, 0.6) is 0 Å². The second-order valence-corrected chi connectivity index (χ2v) is 8.43. The van der Waals surface area contributed by atoms with Crippen LogP contribution in [0.15, 0.2) is 41.8 Å². The lowest BCUT2D eigenvalue weighted by atomic mass is 9.99. The maximum Gasteiger partial charge on any atom is 0.249 e. The number of benzene rings is 1. The van der Waals surface area contributed by atoms with E-state index in [-0.39, 0.29) is 18.4 Å². The number of nitrogens with one attached hydrogen (secondary N) is 1. The minimum atomic E-state index is -0.848. The molecule has 2 heterocycles. The minimum Gasteiger partial charge on any atom is -0.386 e. The van der Waals surface area contributed by atoms with Crippen molar-refractivity contribution in [2.24, 2.45) is 5.92 Å². The summed E-state index contributed by atoms with van der Waals surface area (Å²) < 4.78 is 5.37. The standard InChI is InChI=1S/C21H26N2O4S/c1-14(2)11-23-18(12-27-13-20(23)25)21(26)15-5-7-16(8-6-15)22-19(24)10-17-4-3-9-28-17/h3-9,14,18,21,26H,10-13H2,1-2H3,(H,22,24)/t18-,21-/m1/s1. The van der Waals surface area contributed by atoms with Crippen molar-refractivity contribution >= 4 is 28.8 Å². The summed E-state index contributed by atoms with van der Waals surface area (Å²) in [4.78, 5) is 27.1. The summed E-state index contributed by atoms with van der Waals surface area (Å²) >= 11 is 1.55. The van der Waals surface area contributed by atoms with E-state index in [1.807, 2.05) is 31.4 Å². The van der Waals surface area contributed by atoms with Gasteiger partial charge in [-0.2, -0.15) is 0 Å². The Kier molecular flexibility index (Phi) is 6.83. The molecule has 0 aliphatic carbocycles. The Morgan fingerprint density at radius 3 is 2.71 bits per heavy atom. The molecule has 1 fully saturated rings. The number of thiophene rings is 1. The van der Waals surface area contributed by atoms with Gasteiger partial charge in [0.1, 0.15) is 12.7 Å². The lowest BCUT2D eigenvalue weighted by molar-refractivity contribution is -0.155. The maximum atomic E-state index is 12.2. The van der Waals surface area contributed by atoms with Crippen molar-refractivity contribution in [3.63, 3.8) is 0 Å². The molecular formula is C21H26N2O4S. The van der Waals surface area contributed by atoms with Crippen molar-refractivity contribution in [1.29, 1.82) is 0 Å². The molecular weight excluding hydrogens is 376 g/mol. The van der Waals surface area contributed by atoms with Gasteiger partial charge in [-0.05, 0) is 35.1 Å². The Labute approximate surface area is 169 Å². The number of ether oxygens (including phenoxy) is 1. The van der Waals surface area contributed by atoms with E-state index in [0.29, 0.717) is 36.7 Å². The van der Waals surface area contributed by atoms with Crippen LogP contribution in [0.2, 0.25) is 0 Å². The largest absolute Gasteiger partial charge is 0.386 e. The Balaban J connectivity index is 1.64. The number of carbonyl (C=O) groups excluding carboxylic acids is 2. The summed E-state index contributed by atoms with van der Waals surface area (Å²) in [6.07, 6.45) is -0.507. The number of amides is 2. The van der Waals surface area contributed by atoms with Crippen LogP contribution in [0.25, 0.3) is 0 Å². The predicted molar refractivity (Wildman–Crippen MR) is 109 cm³/mol. The number of nitrogens with zero attached hydrogens (tertiary/aromatic N) is 1. The molecule has 2 amide bonds. The summed E-state index contributed by atoms with van der Waals surface area (Å²) in [6, 6.07) is 10.5.